The predicted molar refractivity (Wildman–Crippen MR) is 62.4 cm³/mol. The van der Waals surface area contributed by atoms with Gasteiger partial charge in [-0.1, -0.05) is 12.1 Å². The summed E-state index contributed by atoms with van der Waals surface area (Å²) >= 11 is 2.22. The van der Waals surface area contributed by atoms with Crippen molar-refractivity contribution in [2.24, 2.45) is 0 Å². The average molecular weight is 301 g/mol. The van der Waals surface area contributed by atoms with Crippen LogP contribution in [0, 0.1) is 3.57 Å². The standard InChI is InChI=1S/C10H8INO2/c1-14-10(13)7-4-2-3-6-8(11)5-12-9(6)7/h2-5,12H,1H3. The van der Waals surface area contributed by atoms with Crippen molar-refractivity contribution in [1.29, 1.82) is 0 Å². The Labute approximate surface area is 94.6 Å². The van der Waals surface area contributed by atoms with Gasteiger partial charge in [-0.25, -0.2) is 4.79 Å². The molecule has 0 radical (unpaired) electrons. The number of benzene rings is 1. The Bertz CT molecular complexity index is 490. The second-order valence-corrected chi connectivity index (χ2v) is 4.02. The van der Waals surface area contributed by atoms with Crippen molar-refractivity contribution in [3.8, 4) is 0 Å². The summed E-state index contributed by atoms with van der Waals surface area (Å²) < 4.78 is 5.79. The van der Waals surface area contributed by atoms with E-state index < -0.39 is 0 Å². The highest BCUT2D eigenvalue weighted by molar-refractivity contribution is 14.1. The maximum atomic E-state index is 11.4. The zero-order valence-corrected chi connectivity index (χ0v) is 9.66. The molecule has 0 aliphatic rings. The van der Waals surface area contributed by atoms with Crippen molar-refractivity contribution < 1.29 is 9.53 Å². The van der Waals surface area contributed by atoms with Crippen molar-refractivity contribution >= 4 is 39.5 Å². The summed E-state index contributed by atoms with van der Waals surface area (Å²) in [5.41, 5.74) is 1.41. The number of rotatable bonds is 1. The van der Waals surface area contributed by atoms with Crippen LogP contribution in [0.3, 0.4) is 0 Å². The molecule has 1 heterocycles. The minimum atomic E-state index is -0.311. The summed E-state index contributed by atoms with van der Waals surface area (Å²) in [4.78, 5) is 14.5. The van der Waals surface area contributed by atoms with Crippen LogP contribution >= 0.6 is 22.6 Å². The number of fused-ring (bicyclic) bond motifs is 1. The van der Waals surface area contributed by atoms with E-state index in [1.165, 1.54) is 7.11 Å². The predicted octanol–water partition coefficient (Wildman–Crippen LogP) is 2.56. The van der Waals surface area contributed by atoms with Gasteiger partial charge in [-0.2, -0.15) is 0 Å². The van der Waals surface area contributed by atoms with Gasteiger partial charge in [0.25, 0.3) is 0 Å². The Morgan fingerprint density at radius 3 is 3.00 bits per heavy atom. The highest BCUT2D eigenvalue weighted by Gasteiger charge is 2.11. The van der Waals surface area contributed by atoms with E-state index in [0.29, 0.717) is 5.56 Å². The summed E-state index contributed by atoms with van der Waals surface area (Å²) in [5, 5.41) is 1.05. The van der Waals surface area contributed by atoms with E-state index in [-0.39, 0.29) is 5.97 Å². The van der Waals surface area contributed by atoms with Crippen LogP contribution in [0.25, 0.3) is 10.9 Å². The molecule has 0 aliphatic heterocycles. The first-order valence-electron chi connectivity index (χ1n) is 4.08. The number of para-hydroxylation sites is 1. The minimum Gasteiger partial charge on any atom is -0.465 e. The molecule has 0 amide bonds. The number of hydrogen-bond acceptors (Lipinski definition) is 2. The van der Waals surface area contributed by atoms with E-state index in [2.05, 4.69) is 27.6 Å². The third-order valence-corrected chi connectivity index (χ3v) is 2.96. The van der Waals surface area contributed by atoms with Gasteiger partial charge in [0.2, 0.25) is 0 Å². The molecule has 2 rings (SSSR count). The molecule has 0 fully saturated rings. The number of H-pyrrole nitrogens is 1. The summed E-state index contributed by atoms with van der Waals surface area (Å²) in [6.45, 7) is 0. The van der Waals surface area contributed by atoms with Gasteiger partial charge in [0.1, 0.15) is 0 Å². The number of nitrogens with one attached hydrogen (secondary N) is 1. The van der Waals surface area contributed by atoms with Gasteiger partial charge in [-0.05, 0) is 28.7 Å². The lowest BCUT2D eigenvalue weighted by atomic mass is 10.1. The van der Waals surface area contributed by atoms with Crippen LogP contribution in [0.1, 0.15) is 10.4 Å². The number of carbonyl (C=O) groups excluding carboxylic acids is 1. The molecule has 0 bridgehead atoms. The van der Waals surface area contributed by atoms with E-state index >= 15 is 0 Å². The van der Waals surface area contributed by atoms with Gasteiger partial charge in [0, 0.05) is 15.2 Å². The molecular formula is C10H8INO2. The Hall–Kier alpha value is -1.04. The van der Waals surface area contributed by atoms with Crippen LogP contribution in [0.5, 0.6) is 0 Å². The Morgan fingerprint density at radius 2 is 2.29 bits per heavy atom. The van der Waals surface area contributed by atoms with Crippen LogP contribution in [0.15, 0.2) is 24.4 Å². The lowest BCUT2D eigenvalue weighted by Gasteiger charge is -2.00. The largest absolute Gasteiger partial charge is 0.465 e. The number of ether oxygens (including phenoxy) is 1. The lowest BCUT2D eigenvalue weighted by molar-refractivity contribution is 0.0603. The Balaban J connectivity index is 2.71. The van der Waals surface area contributed by atoms with E-state index in [1.54, 1.807) is 6.07 Å². The third kappa shape index (κ3) is 1.39. The van der Waals surface area contributed by atoms with Crippen molar-refractivity contribution in [3.63, 3.8) is 0 Å². The molecule has 1 aromatic heterocycles. The van der Waals surface area contributed by atoms with E-state index in [0.717, 1.165) is 14.5 Å². The first-order chi connectivity index (χ1) is 6.74. The monoisotopic (exact) mass is 301 g/mol. The number of methoxy groups -OCH3 is 1. The van der Waals surface area contributed by atoms with Crippen LogP contribution in [0.2, 0.25) is 0 Å². The van der Waals surface area contributed by atoms with Gasteiger partial charge >= 0.3 is 5.97 Å². The number of aromatic nitrogens is 1. The molecule has 0 saturated heterocycles. The van der Waals surface area contributed by atoms with Crippen LogP contribution in [-0.2, 0) is 4.74 Å². The van der Waals surface area contributed by atoms with Gasteiger partial charge in [0.05, 0.1) is 18.2 Å². The molecule has 72 valence electrons. The molecule has 1 aromatic carbocycles. The van der Waals surface area contributed by atoms with Crippen molar-refractivity contribution in [2.45, 2.75) is 0 Å². The maximum Gasteiger partial charge on any atom is 0.339 e. The normalized spacial score (nSPS) is 10.4. The van der Waals surface area contributed by atoms with Gasteiger partial charge in [-0.15, -0.1) is 0 Å². The summed E-state index contributed by atoms with van der Waals surface area (Å²) in [7, 11) is 1.38. The van der Waals surface area contributed by atoms with E-state index in [9.17, 15) is 4.79 Å². The molecule has 0 unspecified atom stereocenters. The lowest BCUT2D eigenvalue weighted by Crippen LogP contribution is -2.01. The SMILES string of the molecule is COC(=O)c1cccc2c(I)c[nH]c12. The third-order valence-electron chi connectivity index (χ3n) is 2.07. The maximum absolute atomic E-state index is 11.4. The van der Waals surface area contributed by atoms with Crippen LogP contribution in [0.4, 0.5) is 0 Å². The summed E-state index contributed by atoms with van der Waals surface area (Å²) in [6, 6.07) is 5.57. The number of aromatic amines is 1. The quantitative estimate of drug-likeness (QED) is 0.650. The first kappa shape index (κ1) is 9.51. The second kappa shape index (κ2) is 3.61. The molecule has 2 aromatic rings. The fourth-order valence-corrected chi connectivity index (χ4v) is 2.01. The molecule has 1 N–H and O–H groups in total. The highest BCUT2D eigenvalue weighted by atomic mass is 127. The minimum absolute atomic E-state index is 0.311. The van der Waals surface area contributed by atoms with Crippen LogP contribution in [-0.4, -0.2) is 18.1 Å². The fourth-order valence-electron chi connectivity index (χ4n) is 1.40. The molecule has 0 atom stereocenters. The van der Waals surface area contributed by atoms with Crippen molar-refractivity contribution in [3.05, 3.63) is 33.5 Å². The summed E-state index contributed by atoms with van der Waals surface area (Å²) in [5.74, 6) is -0.311. The molecule has 0 spiro atoms. The van der Waals surface area contributed by atoms with Crippen molar-refractivity contribution in [2.75, 3.05) is 7.11 Å². The van der Waals surface area contributed by atoms with Gasteiger partial charge in [-0.3, -0.25) is 0 Å². The molecule has 4 heteroatoms. The zero-order valence-electron chi connectivity index (χ0n) is 7.50. The Kier molecular flexibility index (Phi) is 2.45. The topological polar surface area (TPSA) is 42.1 Å². The van der Waals surface area contributed by atoms with Crippen molar-refractivity contribution in [1.82, 2.24) is 4.98 Å². The van der Waals surface area contributed by atoms with Gasteiger partial charge in [0.15, 0.2) is 0 Å². The smallest absolute Gasteiger partial charge is 0.339 e. The molecule has 3 nitrogen and oxygen atoms in total. The molecular weight excluding hydrogens is 293 g/mol. The first-order valence-corrected chi connectivity index (χ1v) is 5.16. The molecule has 14 heavy (non-hydrogen) atoms. The summed E-state index contributed by atoms with van der Waals surface area (Å²) in [6.07, 6.45) is 1.87. The van der Waals surface area contributed by atoms with E-state index in [4.69, 9.17) is 4.74 Å². The fraction of sp³-hybridized carbons (Fsp3) is 0.100. The number of carbonyl (C=O) groups is 1. The number of halogens is 1. The number of esters is 1. The Morgan fingerprint density at radius 1 is 1.50 bits per heavy atom. The zero-order chi connectivity index (χ0) is 10.1. The second-order valence-electron chi connectivity index (χ2n) is 2.86. The van der Waals surface area contributed by atoms with Gasteiger partial charge < -0.3 is 9.72 Å². The number of hydrogen-bond donors (Lipinski definition) is 1. The average Bonchev–Trinajstić information content (AvgIpc) is 2.59. The highest BCUT2D eigenvalue weighted by Crippen LogP contribution is 2.23. The van der Waals surface area contributed by atoms with E-state index in [1.807, 2.05) is 18.3 Å². The van der Waals surface area contributed by atoms with Crippen LogP contribution < -0.4 is 0 Å². The molecule has 0 saturated carbocycles. The molecule has 0 aliphatic carbocycles.